The van der Waals surface area contributed by atoms with E-state index in [1.165, 1.54) is 30.4 Å². The van der Waals surface area contributed by atoms with Gasteiger partial charge in [-0.2, -0.15) is 9.49 Å². The molecule has 0 amide bonds. The second-order valence-electron chi connectivity index (χ2n) is 4.25. The number of hydrogen-bond donors (Lipinski definition) is 1. The fourth-order valence-electron chi connectivity index (χ4n) is 2.28. The molecule has 1 heterocycles. The van der Waals surface area contributed by atoms with E-state index < -0.39 is 0 Å². The van der Waals surface area contributed by atoms with E-state index in [9.17, 15) is 4.39 Å². The molecule has 15 heavy (non-hydrogen) atoms. The average molecular weight is 211 g/mol. The number of halogens is 1. The molecule has 0 saturated heterocycles. The molecule has 2 rings (SSSR count). The van der Waals surface area contributed by atoms with Gasteiger partial charge in [0.05, 0.1) is 12.2 Å². The van der Waals surface area contributed by atoms with E-state index in [1.54, 1.807) is 6.20 Å². The van der Waals surface area contributed by atoms with Crippen molar-refractivity contribution in [2.75, 3.05) is 0 Å². The number of rotatable bonds is 2. The predicted octanol–water partition coefficient (Wildman–Crippen LogP) is 2.38. The molecule has 0 bridgehead atoms. The molecule has 0 atom stereocenters. The van der Waals surface area contributed by atoms with Crippen LogP contribution in [0.4, 0.5) is 4.39 Å². The third-order valence-corrected chi connectivity index (χ3v) is 3.19. The molecule has 1 aromatic rings. The topological polar surface area (TPSA) is 43.8 Å². The third-order valence-electron chi connectivity index (χ3n) is 3.19. The maximum absolute atomic E-state index is 13.8. The fraction of sp³-hybridized carbons (Fsp3) is 0.727. The summed E-state index contributed by atoms with van der Waals surface area (Å²) < 4.78 is 15.3. The van der Waals surface area contributed by atoms with Gasteiger partial charge in [0.25, 0.3) is 0 Å². The molecule has 1 saturated carbocycles. The van der Waals surface area contributed by atoms with Crippen LogP contribution in [0.25, 0.3) is 0 Å². The standard InChI is InChI=1S/C11H18FN3/c12-11-9(7-13)8-14-15(11)10-5-3-1-2-4-6-10/h8,10H,1-7,13H2. The molecule has 4 heteroatoms. The van der Waals surface area contributed by atoms with Gasteiger partial charge in [-0.1, -0.05) is 25.7 Å². The van der Waals surface area contributed by atoms with Crippen molar-refractivity contribution >= 4 is 0 Å². The van der Waals surface area contributed by atoms with Gasteiger partial charge in [0.2, 0.25) is 5.95 Å². The fourth-order valence-corrected chi connectivity index (χ4v) is 2.28. The van der Waals surface area contributed by atoms with Gasteiger partial charge in [-0.15, -0.1) is 0 Å². The monoisotopic (exact) mass is 211 g/mol. The van der Waals surface area contributed by atoms with Gasteiger partial charge in [0.15, 0.2) is 0 Å². The van der Waals surface area contributed by atoms with E-state index in [0.29, 0.717) is 5.56 Å². The zero-order chi connectivity index (χ0) is 10.7. The van der Waals surface area contributed by atoms with Gasteiger partial charge in [-0.3, -0.25) is 0 Å². The smallest absolute Gasteiger partial charge is 0.216 e. The van der Waals surface area contributed by atoms with Crippen LogP contribution in [0.2, 0.25) is 0 Å². The van der Waals surface area contributed by atoms with Crippen LogP contribution in [-0.2, 0) is 6.54 Å². The predicted molar refractivity (Wildman–Crippen MR) is 56.8 cm³/mol. The van der Waals surface area contributed by atoms with Gasteiger partial charge >= 0.3 is 0 Å². The molecular weight excluding hydrogens is 193 g/mol. The molecule has 0 spiro atoms. The molecule has 0 aliphatic heterocycles. The molecule has 0 unspecified atom stereocenters. The summed E-state index contributed by atoms with van der Waals surface area (Å²) in [5.41, 5.74) is 5.96. The van der Waals surface area contributed by atoms with Crippen LogP contribution in [0.1, 0.15) is 50.1 Å². The van der Waals surface area contributed by atoms with Crippen molar-refractivity contribution in [2.24, 2.45) is 5.73 Å². The number of nitrogens with two attached hydrogens (primary N) is 1. The summed E-state index contributed by atoms with van der Waals surface area (Å²) in [6.07, 6.45) is 8.54. The highest BCUT2D eigenvalue weighted by atomic mass is 19.1. The van der Waals surface area contributed by atoms with Crippen molar-refractivity contribution in [1.82, 2.24) is 9.78 Å². The molecule has 2 N–H and O–H groups in total. The van der Waals surface area contributed by atoms with Gasteiger partial charge in [-0.25, -0.2) is 4.68 Å². The summed E-state index contributed by atoms with van der Waals surface area (Å²) in [7, 11) is 0. The van der Waals surface area contributed by atoms with Crippen LogP contribution in [-0.4, -0.2) is 9.78 Å². The summed E-state index contributed by atoms with van der Waals surface area (Å²) >= 11 is 0. The minimum atomic E-state index is -0.232. The Hall–Kier alpha value is -0.900. The first kappa shape index (κ1) is 10.6. The Morgan fingerprint density at radius 3 is 2.53 bits per heavy atom. The SMILES string of the molecule is NCc1cnn(C2CCCCCC2)c1F. The van der Waals surface area contributed by atoms with E-state index in [0.717, 1.165) is 12.8 Å². The van der Waals surface area contributed by atoms with Crippen molar-refractivity contribution in [3.05, 3.63) is 17.7 Å². The minimum Gasteiger partial charge on any atom is -0.326 e. The van der Waals surface area contributed by atoms with E-state index >= 15 is 0 Å². The zero-order valence-electron chi connectivity index (χ0n) is 8.95. The first-order valence-corrected chi connectivity index (χ1v) is 5.75. The normalized spacial score (nSPS) is 19.1. The summed E-state index contributed by atoms with van der Waals surface area (Å²) in [6, 6.07) is 0.243. The highest BCUT2D eigenvalue weighted by Gasteiger charge is 2.19. The number of nitrogens with zero attached hydrogens (tertiary/aromatic N) is 2. The van der Waals surface area contributed by atoms with Crippen LogP contribution < -0.4 is 5.73 Å². The summed E-state index contributed by atoms with van der Waals surface area (Å²) in [6.45, 7) is 0.235. The largest absolute Gasteiger partial charge is 0.326 e. The Kier molecular flexibility index (Phi) is 3.36. The van der Waals surface area contributed by atoms with Gasteiger partial charge < -0.3 is 5.73 Å². The maximum atomic E-state index is 13.8. The first-order valence-electron chi connectivity index (χ1n) is 5.75. The van der Waals surface area contributed by atoms with Crippen LogP contribution in [0.3, 0.4) is 0 Å². The van der Waals surface area contributed by atoms with E-state index in [1.807, 2.05) is 0 Å². The van der Waals surface area contributed by atoms with Crippen LogP contribution in [0, 0.1) is 5.95 Å². The summed E-state index contributed by atoms with van der Waals surface area (Å²) in [5.74, 6) is -0.232. The molecule has 0 radical (unpaired) electrons. The lowest BCUT2D eigenvalue weighted by Crippen LogP contribution is -2.13. The highest BCUT2D eigenvalue weighted by molar-refractivity contribution is 5.06. The summed E-state index contributed by atoms with van der Waals surface area (Å²) in [5, 5.41) is 4.11. The first-order chi connectivity index (χ1) is 7.33. The molecule has 1 fully saturated rings. The quantitative estimate of drug-likeness (QED) is 0.763. The average Bonchev–Trinajstić information content (AvgIpc) is 2.49. The van der Waals surface area contributed by atoms with Crippen LogP contribution in [0.5, 0.6) is 0 Å². The Morgan fingerprint density at radius 1 is 1.33 bits per heavy atom. The Balaban J connectivity index is 2.16. The van der Waals surface area contributed by atoms with Crippen LogP contribution in [0.15, 0.2) is 6.20 Å². The maximum Gasteiger partial charge on any atom is 0.216 e. The van der Waals surface area contributed by atoms with Gasteiger partial charge in [0, 0.05) is 12.1 Å². The van der Waals surface area contributed by atoms with Crippen LogP contribution >= 0.6 is 0 Å². The number of aromatic nitrogens is 2. The molecule has 0 aromatic carbocycles. The van der Waals surface area contributed by atoms with Crippen molar-refractivity contribution in [1.29, 1.82) is 0 Å². The third kappa shape index (κ3) is 2.20. The van der Waals surface area contributed by atoms with Crippen molar-refractivity contribution in [3.8, 4) is 0 Å². The second kappa shape index (κ2) is 4.75. The van der Waals surface area contributed by atoms with Crippen molar-refractivity contribution in [2.45, 2.75) is 51.1 Å². The molecule has 3 nitrogen and oxygen atoms in total. The molecular formula is C11H18FN3. The van der Waals surface area contributed by atoms with E-state index in [-0.39, 0.29) is 18.5 Å². The summed E-state index contributed by atoms with van der Waals surface area (Å²) in [4.78, 5) is 0. The lowest BCUT2D eigenvalue weighted by Gasteiger charge is -2.14. The van der Waals surface area contributed by atoms with Crippen molar-refractivity contribution < 1.29 is 4.39 Å². The Bertz CT molecular complexity index is 314. The Labute approximate surface area is 89.5 Å². The molecule has 1 aromatic heterocycles. The minimum absolute atomic E-state index is 0.232. The Morgan fingerprint density at radius 2 is 2.00 bits per heavy atom. The molecule has 1 aliphatic rings. The van der Waals surface area contributed by atoms with Gasteiger partial charge in [-0.05, 0) is 12.8 Å². The van der Waals surface area contributed by atoms with E-state index in [4.69, 9.17) is 5.73 Å². The van der Waals surface area contributed by atoms with Gasteiger partial charge in [0.1, 0.15) is 0 Å². The zero-order valence-corrected chi connectivity index (χ0v) is 8.95. The lowest BCUT2D eigenvalue weighted by atomic mass is 10.1. The lowest BCUT2D eigenvalue weighted by molar-refractivity contribution is 0.342. The molecule has 84 valence electrons. The second-order valence-corrected chi connectivity index (χ2v) is 4.25. The highest BCUT2D eigenvalue weighted by Crippen LogP contribution is 2.27. The molecule has 1 aliphatic carbocycles. The van der Waals surface area contributed by atoms with Crippen molar-refractivity contribution in [3.63, 3.8) is 0 Å². The van der Waals surface area contributed by atoms with E-state index in [2.05, 4.69) is 5.10 Å². The number of hydrogen-bond acceptors (Lipinski definition) is 2.